The standard InChI is InChI=1S/C28H26N4O2/c33-27(21-6-2-1-3-7-21)31-16-20-13-23(18-31)26-11-10-25(28(34)32(26)17-20)30-15-19-12-22-8-4-5-9-24(22)29-14-19/h1-12,14,20,23,30H,13,15-18H2/t20-,23-/m1/s1. The number of para-hydroxylation sites is 1. The van der Waals surface area contributed by atoms with E-state index in [-0.39, 0.29) is 23.3 Å². The van der Waals surface area contributed by atoms with Gasteiger partial charge in [-0.25, -0.2) is 0 Å². The number of carbonyl (C=O) groups is 1. The van der Waals surface area contributed by atoms with Crippen LogP contribution in [0.5, 0.6) is 0 Å². The predicted octanol–water partition coefficient (Wildman–Crippen LogP) is 4.27. The molecule has 0 saturated carbocycles. The second kappa shape index (κ2) is 8.45. The zero-order valence-electron chi connectivity index (χ0n) is 18.9. The molecule has 2 aromatic carbocycles. The number of hydrogen-bond donors (Lipinski definition) is 1. The van der Waals surface area contributed by atoms with Crippen molar-refractivity contribution < 1.29 is 4.79 Å². The Kier molecular flexibility index (Phi) is 5.13. The molecule has 6 rings (SSSR count). The van der Waals surface area contributed by atoms with Crippen molar-refractivity contribution in [3.63, 3.8) is 0 Å². The Labute approximate surface area is 197 Å². The van der Waals surface area contributed by atoms with Crippen LogP contribution in [-0.2, 0) is 13.1 Å². The number of hydrogen-bond acceptors (Lipinski definition) is 4. The molecule has 170 valence electrons. The van der Waals surface area contributed by atoms with Gasteiger partial charge in [0.15, 0.2) is 0 Å². The fourth-order valence-electron chi connectivity index (χ4n) is 5.42. The Morgan fingerprint density at radius 3 is 2.68 bits per heavy atom. The van der Waals surface area contributed by atoms with Crippen LogP contribution in [0.1, 0.15) is 34.0 Å². The molecule has 2 aliphatic heterocycles. The largest absolute Gasteiger partial charge is 0.376 e. The lowest BCUT2D eigenvalue weighted by atomic mass is 9.83. The summed E-state index contributed by atoms with van der Waals surface area (Å²) in [5.41, 5.74) is 4.38. The molecule has 1 saturated heterocycles. The van der Waals surface area contributed by atoms with Gasteiger partial charge in [0, 0.05) is 54.9 Å². The highest BCUT2D eigenvalue weighted by molar-refractivity contribution is 5.94. The summed E-state index contributed by atoms with van der Waals surface area (Å²) in [5.74, 6) is 0.552. The number of rotatable bonds is 4. The van der Waals surface area contributed by atoms with E-state index >= 15 is 0 Å². The Morgan fingerprint density at radius 2 is 1.79 bits per heavy atom. The van der Waals surface area contributed by atoms with Gasteiger partial charge in [0.1, 0.15) is 5.69 Å². The second-order valence-electron chi connectivity index (χ2n) is 9.35. The number of nitrogens with one attached hydrogen (secondary N) is 1. The first-order valence-corrected chi connectivity index (χ1v) is 11.8. The third kappa shape index (κ3) is 3.75. The lowest BCUT2D eigenvalue weighted by molar-refractivity contribution is 0.0594. The average molecular weight is 451 g/mol. The molecule has 1 fully saturated rings. The maximum absolute atomic E-state index is 13.3. The monoisotopic (exact) mass is 450 g/mol. The zero-order chi connectivity index (χ0) is 23.1. The Bertz CT molecular complexity index is 1430. The normalized spacial score (nSPS) is 19.0. The highest BCUT2D eigenvalue weighted by Gasteiger charge is 2.36. The number of nitrogens with zero attached hydrogens (tertiary/aromatic N) is 3. The van der Waals surface area contributed by atoms with Crippen LogP contribution in [0.4, 0.5) is 5.69 Å². The molecule has 6 heteroatoms. The Morgan fingerprint density at radius 1 is 0.971 bits per heavy atom. The number of amides is 1. The fraction of sp³-hybridized carbons (Fsp3) is 0.250. The number of pyridine rings is 2. The van der Waals surface area contributed by atoms with Gasteiger partial charge in [0.25, 0.3) is 11.5 Å². The van der Waals surface area contributed by atoms with Crippen LogP contribution in [0.25, 0.3) is 10.9 Å². The van der Waals surface area contributed by atoms with Gasteiger partial charge in [-0.3, -0.25) is 14.6 Å². The summed E-state index contributed by atoms with van der Waals surface area (Å²) in [6.07, 6.45) is 2.88. The number of fused-ring (bicyclic) bond motifs is 5. The Balaban J connectivity index is 1.21. The molecule has 2 aliphatic rings. The predicted molar refractivity (Wildman–Crippen MR) is 133 cm³/mol. The van der Waals surface area contributed by atoms with E-state index in [9.17, 15) is 9.59 Å². The number of likely N-dealkylation sites (tertiary alicyclic amines) is 1. The molecule has 2 atom stereocenters. The molecule has 4 heterocycles. The maximum atomic E-state index is 13.3. The number of piperidine rings is 1. The molecule has 6 nitrogen and oxygen atoms in total. The van der Waals surface area contributed by atoms with Crippen LogP contribution >= 0.6 is 0 Å². The molecule has 0 aliphatic carbocycles. The fourth-order valence-corrected chi connectivity index (χ4v) is 5.42. The van der Waals surface area contributed by atoms with Gasteiger partial charge >= 0.3 is 0 Å². The molecule has 0 unspecified atom stereocenters. The minimum absolute atomic E-state index is 0.0174. The van der Waals surface area contributed by atoms with Crippen molar-refractivity contribution in [1.29, 1.82) is 0 Å². The van der Waals surface area contributed by atoms with E-state index in [1.165, 1.54) is 0 Å². The molecule has 34 heavy (non-hydrogen) atoms. The van der Waals surface area contributed by atoms with Crippen molar-refractivity contribution in [2.75, 3.05) is 18.4 Å². The zero-order valence-corrected chi connectivity index (χ0v) is 18.9. The van der Waals surface area contributed by atoms with Crippen molar-refractivity contribution >= 4 is 22.5 Å². The van der Waals surface area contributed by atoms with Gasteiger partial charge in [0.05, 0.1) is 5.52 Å². The second-order valence-corrected chi connectivity index (χ2v) is 9.35. The summed E-state index contributed by atoms with van der Waals surface area (Å²) in [4.78, 5) is 32.8. The van der Waals surface area contributed by atoms with Crippen molar-refractivity contribution in [2.24, 2.45) is 5.92 Å². The van der Waals surface area contributed by atoms with E-state index in [4.69, 9.17) is 0 Å². The van der Waals surface area contributed by atoms with E-state index in [1.54, 1.807) is 0 Å². The lowest BCUT2D eigenvalue weighted by Crippen LogP contribution is -2.49. The minimum atomic E-state index is 0.0174. The van der Waals surface area contributed by atoms with Gasteiger partial charge in [-0.2, -0.15) is 0 Å². The van der Waals surface area contributed by atoms with Crippen LogP contribution in [0.2, 0.25) is 0 Å². The van der Waals surface area contributed by atoms with E-state index in [2.05, 4.69) is 22.4 Å². The summed E-state index contributed by atoms with van der Waals surface area (Å²) in [6.45, 7) is 2.53. The number of benzene rings is 2. The SMILES string of the molecule is O=C(c1ccccc1)N1C[C@H]2C[C@H](C1)c1ccc(NCc3cnc4ccccc4c3)c(=O)n1C2. The van der Waals surface area contributed by atoms with Gasteiger partial charge < -0.3 is 14.8 Å². The van der Waals surface area contributed by atoms with Gasteiger partial charge in [0.2, 0.25) is 0 Å². The summed E-state index contributed by atoms with van der Waals surface area (Å²) in [7, 11) is 0. The third-order valence-electron chi connectivity index (χ3n) is 7.04. The maximum Gasteiger partial charge on any atom is 0.274 e. The molecule has 1 N–H and O–H groups in total. The molecule has 0 radical (unpaired) electrons. The number of anilines is 1. The smallest absolute Gasteiger partial charge is 0.274 e. The summed E-state index contributed by atoms with van der Waals surface area (Å²) < 4.78 is 1.92. The third-order valence-corrected chi connectivity index (χ3v) is 7.04. The first-order valence-electron chi connectivity index (χ1n) is 11.8. The van der Waals surface area contributed by atoms with Crippen LogP contribution in [0, 0.1) is 5.92 Å². The van der Waals surface area contributed by atoms with E-state index < -0.39 is 0 Å². The molecule has 2 aromatic heterocycles. The quantitative estimate of drug-likeness (QED) is 0.504. The van der Waals surface area contributed by atoms with Crippen molar-refractivity contribution in [1.82, 2.24) is 14.5 Å². The molecule has 1 amide bonds. The van der Waals surface area contributed by atoms with Gasteiger partial charge in [-0.15, -0.1) is 0 Å². The highest BCUT2D eigenvalue weighted by atomic mass is 16.2. The lowest BCUT2D eigenvalue weighted by Gasteiger charge is -2.43. The van der Waals surface area contributed by atoms with Crippen LogP contribution in [-0.4, -0.2) is 33.4 Å². The topological polar surface area (TPSA) is 67.2 Å². The number of aromatic nitrogens is 2. The average Bonchev–Trinajstić information content (AvgIpc) is 2.88. The van der Waals surface area contributed by atoms with Gasteiger partial charge in [-0.05, 0) is 54.3 Å². The van der Waals surface area contributed by atoms with Gasteiger partial charge in [-0.1, -0.05) is 36.4 Å². The van der Waals surface area contributed by atoms with Crippen molar-refractivity contribution in [2.45, 2.75) is 25.4 Å². The first-order chi connectivity index (χ1) is 16.7. The molecular formula is C28H26N4O2. The number of carbonyl (C=O) groups excluding carboxylic acids is 1. The minimum Gasteiger partial charge on any atom is -0.376 e. The van der Waals surface area contributed by atoms with Crippen molar-refractivity contribution in [3.8, 4) is 0 Å². The van der Waals surface area contributed by atoms with Crippen molar-refractivity contribution in [3.05, 3.63) is 106 Å². The summed E-state index contributed by atoms with van der Waals surface area (Å²) >= 11 is 0. The van der Waals surface area contributed by atoms with Crippen LogP contribution in [0.15, 0.2) is 83.8 Å². The molecule has 0 spiro atoms. The van der Waals surface area contributed by atoms with E-state index in [0.717, 1.165) is 34.1 Å². The van der Waals surface area contributed by atoms with Crippen LogP contribution in [0.3, 0.4) is 0 Å². The molecule has 4 aromatic rings. The van der Waals surface area contributed by atoms with Crippen LogP contribution < -0.4 is 10.9 Å². The van der Waals surface area contributed by atoms with E-state index in [1.807, 2.05) is 76.3 Å². The summed E-state index contributed by atoms with van der Waals surface area (Å²) in [6, 6.07) is 23.5. The molecule has 2 bridgehead atoms. The Hall–Kier alpha value is -3.93. The summed E-state index contributed by atoms with van der Waals surface area (Å²) in [5, 5.41) is 4.41. The van der Waals surface area contributed by atoms with E-state index in [0.29, 0.717) is 31.9 Å². The first kappa shape index (κ1) is 20.7. The molecular weight excluding hydrogens is 424 g/mol. The highest BCUT2D eigenvalue weighted by Crippen LogP contribution is 2.36.